The quantitative estimate of drug-likeness (QED) is 0.368. The number of carbonyl (C=O) groups excluding carboxylic acids is 2. The van der Waals surface area contributed by atoms with Gasteiger partial charge in [-0.05, 0) is 48.7 Å². The molecule has 3 aromatic carbocycles. The van der Waals surface area contributed by atoms with Crippen LogP contribution >= 0.6 is 0 Å². The maximum Gasteiger partial charge on any atom is 0.295 e. The van der Waals surface area contributed by atoms with E-state index in [-0.39, 0.29) is 23.7 Å². The third-order valence-electron chi connectivity index (χ3n) is 5.57. The summed E-state index contributed by atoms with van der Waals surface area (Å²) in [5, 5.41) is 11.2. The number of ketones is 1. The van der Waals surface area contributed by atoms with Crippen molar-refractivity contribution in [2.24, 2.45) is 0 Å². The SMILES string of the molecule is Cc1ccc(C)c(/C(O)=C2\C(=O)C(=O)N(Cc3ccc(F)cc3)C2c2ccccc2)c1. The molecule has 3 aromatic rings. The van der Waals surface area contributed by atoms with Crippen LogP contribution in [0.3, 0.4) is 0 Å². The predicted octanol–water partition coefficient (Wildman–Crippen LogP) is 5.06. The number of hydrogen-bond acceptors (Lipinski definition) is 3. The molecule has 1 amide bonds. The molecule has 0 spiro atoms. The van der Waals surface area contributed by atoms with Crippen LogP contribution in [0.2, 0.25) is 0 Å². The molecular weight excluding hydrogens is 393 g/mol. The Morgan fingerprint density at radius 2 is 1.65 bits per heavy atom. The highest BCUT2D eigenvalue weighted by molar-refractivity contribution is 6.46. The molecule has 0 aromatic heterocycles. The zero-order valence-corrected chi connectivity index (χ0v) is 17.3. The van der Waals surface area contributed by atoms with Gasteiger partial charge >= 0.3 is 0 Å². The molecule has 5 heteroatoms. The minimum absolute atomic E-state index is 0.0620. The Labute approximate surface area is 180 Å². The standard InChI is InChI=1S/C26H22FNO3/c1-16-8-9-17(2)21(14-16)24(29)22-23(19-6-4-3-5-7-19)28(26(31)25(22)30)15-18-10-12-20(27)13-11-18/h3-14,23,29H,15H2,1-2H3/b24-22+. The number of aliphatic hydroxyl groups excluding tert-OH is 1. The van der Waals surface area contributed by atoms with Crippen LogP contribution < -0.4 is 0 Å². The van der Waals surface area contributed by atoms with Crippen molar-refractivity contribution >= 4 is 17.4 Å². The molecule has 0 bridgehead atoms. The molecule has 1 heterocycles. The summed E-state index contributed by atoms with van der Waals surface area (Å²) in [5.41, 5.74) is 3.74. The van der Waals surface area contributed by atoms with Gasteiger partial charge in [0.15, 0.2) is 0 Å². The highest BCUT2D eigenvalue weighted by Crippen LogP contribution is 2.40. The van der Waals surface area contributed by atoms with E-state index in [1.165, 1.54) is 17.0 Å². The van der Waals surface area contributed by atoms with Crippen LogP contribution in [-0.4, -0.2) is 21.7 Å². The maximum absolute atomic E-state index is 13.3. The zero-order valence-electron chi connectivity index (χ0n) is 17.3. The van der Waals surface area contributed by atoms with Crippen LogP contribution in [0.25, 0.3) is 5.76 Å². The van der Waals surface area contributed by atoms with E-state index >= 15 is 0 Å². The monoisotopic (exact) mass is 415 g/mol. The molecule has 1 N–H and O–H groups in total. The molecule has 1 unspecified atom stereocenters. The van der Waals surface area contributed by atoms with Crippen molar-refractivity contribution in [3.05, 3.63) is 112 Å². The summed E-state index contributed by atoms with van der Waals surface area (Å²) < 4.78 is 13.3. The smallest absolute Gasteiger partial charge is 0.295 e. The van der Waals surface area contributed by atoms with Crippen molar-refractivity contribution in [2.75, 3.05) is 0 Å². The lowest BCUT2D eigenvalue weighted by molar-refractivity contribution is -0.140. The molecule has 0 aliphatic carbocycles. The van der Waals surface area contributed by atoms with E-state index in [0.29, 0.717) is 11.1 Å². The van der Waals surface area contributed by atoms with Gasteiger partial charge in [-0.25, -0.2) is 4.39 Å². The molecule has 156 valence electrons. The van der Waals surface area contributed by atoms with E-state index in [2.05, 4.69) is 0 Å². The van der Waals surface area contributed by atoms with E-state index in [1.54, 1.807) is 18.2 Å². The number of halogens is 1. The van der Waals surface area contributed by atoms with E-state index in [9.17, 15) is 19.1 Å². The highest BCUT2D eigenvalue weighted by atomic mass is 19.1. The number of amides is 1. The Morgan fingerprint density at radius 3 is 2.32 bits per heavy atom. The average Bonchev–Trinajstić information content (AvgIpc) is 3.02. The van der Waals surface area contributed by atoms with Gasteiger partial charge in [0.05, 0.1) is 11.6 Å². The van der Waals surface area contributed by atoms with E-state index < -0.39 is 17.7 Å². The van der Waals surface area contributed by atoms with Gasteiger partial charge < -0.3 is 10.0 Å². The number of rotatable bonds is 4. The number of Topliss-reactive ketones (excluding diaryl/α,β-unsaturated/α-hetero) is 1. The van der Waals surface area contributed by atoms with Gasteiger partial charge in [-0.15, -0.1) is 0 Å². The number of aliphatic hydroxyl groups is 1. The lowest BCUT2D eigenvalue weighted by Gasteiger charge is -2.25. The van der Waals surface area contributed by atoms with Gasteiger partial charge in [0.1, 0.15) is 11.6 Å². The van der Waals surface area contributed by atoms with Gasteiger partial charge in [0.2, 0.25) is 0 Å². The van der Waals surface area contributed by atoms with Gasteiger partial charge in [-0.1, -0.05) is 60.2 Å². The van der Waals surface area contributed by atoms with Crippen LogP contribution in [0, 0.1) is 19.7 Å². The van der Waals surface area contributed by atoms with Crippen molar-refractivity contribution in [3.63, 3.8) is 0 Å². The first-order chi connectivity index (χ1) is 14.9. The summed E-state index contributed by atoms with van der Waals surface area (Å²) >= 11 is 0. The first-order valence-corrected chi connectivity index (χ1v) is 10.0. The van der Waals surface area contributed by atoms with Crippen molar-refractivity contribution in [2.45, 2.75) is 26.4 Å². The predicted molar refractivity (Wildman–Crippen MR) is 117 cm³/mol. The third kappa shape index (κ3) is 3.87. The molecule has 1 fully saturated rings. The minimum atomic E-state index is -0.744. The fraction of sp³-hybridized carbons (Fsp3) is 0.154. The highest BCUT2D eigenvalue weighted by Gasteiger charge is 2.46. The molecule has 0 radical (unpaired) electrons. The Bertz CT molecular complexity index is 1180. The van der Waals surface area contributed by atoms with Crippen LogP contribution in [0.15, 0.2) is 78.4 Å². The second-order valence-electron chi connectivity index (χ2n) is 7.78. The van der Waals surface area contributed by atoms with Crippen LogP contribution in [0.1, 0.15) is 33.9 Å². The first-order valence-electron chi connectivity index (χ1n) is 10.0. The molecule has 4 nitrogen and oxygen atoms in total. The molecule has 4 rings (SSSR count). The summed E-state index contributed by atoms with van der Waals surface area (Å²) in [5.74, 6) is -1.98. The van der Waals surface area contributed by atoms with Crippen LogP contribution in [0.4, 0.5) is 4.39 Å². The maximum atomic E-state index is 13.3. The summed E-state index contributed by atoms with van der Waals surface area (Å²) in [4.78, 5) is 27.5. The van der Waals surface area contributed by atoms with Gasteiger partial charge in [0.25, 0.3) is 11.7 Å². The number of likely N-dealkylation sites (tertiary alicyclic amines) is 1. The summed E-state index contributed by atoms with van der Waals surface area (Å²) in [6, 6.07) is 19.8. The number of carbonyl (C=O) groups is 2. The molecule has 1 aliphatic rings. The molecule has 1 atom stereocenters. The van der Waals surface area contributed by atoms with Crippen molar-refractivity contribution in [1.82, 2.24) is 4.90 Å². The molecule has 1 saturated heterocycles. The number of benzene rings is 3. The van der Waals surface area contributed by atoms with Gasteiger partial charge in [-0.2, -0.15) is 0 Å². The topological polar surface area (TPSA) is 57.6 Å². The van der Waals surface area contributed by atoms with E-state index in [1.807, 2.05) is 56.3 Å². The summed E-state index contributed by atoms with van der Waals surface area (Å²) in [7, 11) is 0. The normalized spacial score (nSPS) is 17.9. The van der Waals surface area contributed by atoms with Crippen molar-refractivity contribution < 1.29 is 19.1 Å². The van der Waals surface area contributed by atoms with Crippen LogP contribution in [0.5, 0.6) is 0 Å². The van der Waals surface area contributed by atoms with Crippen LogP contribution in [-0.2, 0) is 16.1 Å². The fourth-order valence-electron chi connectivity index (χ4n) is 3.95. The van der Waals surface area contributed by atoms with Gasteiger partial charge in [-0.3, -0.25) is 9.59 Å². The molecule has 31 heavy (non-hydrogen) atoms. The zero-order chi connectivity index (χ0) is 22.1. The minimum Gasteiger partial charge on any atom is -0.507 e. The second-order valence-corrected chi connectivity index (χ2v) is 7.78. The Kier molecular flexibility index (Phi) is 5.42. The number of nitrogens with zero attached hydrogens (tertiary/aromatic N) is 1. The average molecular weight is 415 g/mol. The lowest BCUT2D eigenvalue weighted by Crippen LogP contribution is -2.29. The van der Waals surface area contributed by atoms with Crippen molar-refractivity contribution in [3.8, 4) is 0 Å². The summed E-state index contributed by atoms with van der Waals surface area (Å²) in [6.07, 6.45) is 0. The van der Waals surface area contributed by atoms with Crippen molar-refractivity contribution in [1.29, 1.82) is 0 Å². The Morgan fingerprint density at radius 1 is 0.968 bits per heavy atom. The molecular formula is C26H22FNO3. The summed E-state index contributed by atoms with van der Waals surface area (Å²) in [6.45, 7) is 3.87. The van der Waals surface area contributed by atoms with E-state index in [0.717, 1.165) is 16.7 Å². The Hall–Kier alpha value is -3.73. The Balaban J connectivity index is 1.87. The molecule has 0 saturated carbocycles. The lowest BCUT2D eigenvalue weighted by atomic mass is 9.93. The third-order valence-corrected chi connectivity index (χ3v) is 5.57. The fourth-order valence-corrected chi connectivity index (χ4v) is 3.95. The van der Waals surface area contributed by atoms with E-state index in [4.69, 9.17) is 0 Å². The molecule has 1 aliphatic heterocycles. The second kappa shape index (κ2) is 8.19. The largest absolute Gasteiger partial charge is 0.507 e. The number of hydrogen-bond donors (Lipinski definition) is 1. The number of aryl methyl sites for hydroxylation is 2. The first kappa shape index (κ1) is 20.5. The van der Waals surface area contributed by atoms with Gasteiger partial charge in [0, 0.05) is 12.1 Å².